The maximum Gasteiger partial charge on any atom is 0.0647 e. The number of aliphatic hydroxyl groups excluding tert-OH is 2. The summed E-state index contributed by atoms with van der Waals surface area (Å²) >= 11 is 6.48. The van der Waals surface area contributed by atoms with E-state index in [2.05, 4.69) is 6.08 Å². The SMILES string of the molecule is CCOC/C=C\C[C@@H]1[C@@H](CC[C@@H](O)C2CCCCC2)[C@H](O)C[C@H]1Cl. The second-order valence-electron chi connectivity index (χ2n) is 7.56. The van der Waals surface area contributed by atoms with E-state index in [1.54, 1.807) is 0 Å². The van der Waals surface area contributed by atoms with Gasteiger partial charge in [-0.1, -0.05) is 31.4 Å². The van der Waals surface area contributed by atoms with Gasteiger partial charge in [-0.15, -0.1) is 11.6 Å². The Morgan fingerprint density at radius 1 is 1.17 bits per heavy atom. The second kappa shape index (κ2) is 10.8. The number of hydrogen-bond acceptors (Lipinski definition) is 3. The van der Waals surface area contributed by atoms with E-state index in [0.29, 0.717) is 24.9 Å². The lowest BCUT2D eigenvalue weighted by Crippen LogP contribution is -2.26. The normalized spacial score (nSPS) is 33.3. The highest BCUT2D eigenvalue weighted by Gasteiger charge is 2.40. The highest BCUT2D eigenvalue weighted by Crippen LogP contribution is 2.42. The molecule has 0 spiro atoms. The van der Waals surface area contributed by atoms with Gasteiger partial charge >= 0.3 is 0 Å². The van der Waals surface area contributed by atoms with Crippen LogP contribution >= 0.6 is 11.6 Å². The first-order chi connectivity index (χ1) is 11.6. The van der Waals surface area contributed by atoms with E-state index in [1.165, 1.54) is 19.3 Å². The fourth-order valence-corrected chi connectivity index (χ4v) is 4.96. The smallest absolute Gasteiger partial charge is 0.0647 e. The number of aliphatic hydroxyl groups is 2. The molecule has 3 nitrogen and oxygen atoms in total. The second-order valence-corrected chi connectivity index (χ2v) is 8.12. The molecular weight excluding hydrogens is 324 g/mol. The van der Waals surface area contributed by atoms with Crippen LogP contribution in [0.25, 0.3) is 0 Å². The van der Waals surface area contributed by atoms with Crippen molar-refractivity contribution in [3.8, 4) is 0 Å². The van der Waals surface area contributed by atoms with Gasteiger partial charge in [0.1, 0.15) is 0 Å². The van der Waals surface area contributed by atoms with Gasteiger partial charge in [0.15, 0.2) is 0 Å². The molecule has 0 radical (unpaired) electrons. The predicted octanol–water partition coefficient (Wildman–Crippen LogP) is 4.30. The van der Waals surface area contributed by atoms with Crippen molar-refractivity contribution in [2.45, 2.75) is 82.3 Å². The third-order valence-electron chi connectivity index (χ3n) is 5.96. The molecule has 0 aliphatic heterocycles. The molecule has 2 fully saturated rings. The van der Waals surface area contributed by atoms with Gasteiger partial charge in [0.25, 0.3) is 0 Å². The van der Waals surface area contributed by atoms with E-state index in [-0.39, 0.29) is 23.5 Å². The molecule has 5 atom stereocenters. The van der Waals surface area contributed by atoms with Crippen molar-refractivity contribution in [1.29, 1.82) is 0 Å². The molecule has 0 saturated heterocycles. The first-order valence-corrected chi connectivity index (χ1v) is 10.3. The van der Waals surface area contributed by atoms with Crippen molar-refractivity contribution in [3.05, 3.63) is 12.2 Å². The van der Waals surface area contributed by atoms with Gasteiger partial charge in [0.05, 0.1) is 18.8 Å². The fourth-order valence-electron chi connectivity index (χ4n) is 4.49. The lowest BCUT2D eigenvalue weighted by Gasteiger charge is -2.29. The zero-order valence-electron chi connectivity index (χ0n) is 15.1. The highest BCUT2D eigenvalue weighted by atomic mass is 35.5. The van der Waals surface area contributed by atoms with Gasteiger partial charge in [0, 0.05) is 12.0 Å². The van der Waals surface area contributed by atoms with Crippen molar-refractivity contribution >= 4 is 11.6 Å². The summed E-state index contributed by atoms with van der Waals surface area (Å²) in [5.74, 6) is 0.981. The first-order valence-electron chi connectivity index (χ1n) is 9.86. The average molecular weight is 359 g/mol. The van der Waals surface area contributed by atoms with Crippen molar-refractivity contribution in [3.63, 3.8) is 0 Å². The molecule has 0 unspecified atom stereocenters. The largest absolute Gasteiger partial charge is 0.393 e. The van der Waals surface area contributed by atoms with Crippen molar-refractivity contribution < 1.29 is 14.9 Å². The van der Waals surface area contributed by atoms with Gasteiger partial charge in [-0.3, -0.25) is 0 Å². The quantitative estimate of drug-likeness (QED) is 0.367. The third kappa shape index (κ3) is 6.01. The number of halogens is 1. The molecule has 0 bridgehead atoms. The van der Waals surface area contributed by atoms with Gasteiger partial charge in [-0.25, -0.2) is 0 Å². The Morgan fingerprint density at radius 2 is 1.92 bits per heavy atom. The van der Waals surface area contributed by atoms with Crippen LogP contribution in [-0.4, -0.2) is 41.0 Å². The van der Waals surface area contributed by atoms with E-state index >= 15 is 0 Å². The highest BCUT2D eigenvalue weighted by molar-refractivity contribution is 6.21. The molecule has 0 aromatic carbocycles. The molecule has 0 amide bonds. The molecule has 2 rings (SSSR count). The average Bonchev–Trinajstić information content (AvgIpc) is 2.86. The number of hydrogen-bond donors (Lipinski definition) is 2. The Bertz CT molecular complexity index is 368. The van der Waals surface area contributed by atoms with Crippen molar-refractivity contribution in [2.75, 3.05) is 13.2 Å². The van der Waals surface area contributed by atoms with Crippen LogP contribution in [0.15, 0.2) is 12.2 Å². The molecule has 0 aromatic heterocycles. The molecular formula is C20H35ClO3. The Kier molecular flexibility index (Phi) is 9.10. The van der Waals surface area contributed by atoms with Crippen LogP contribution in [-0.2, 0) is 4.74 Å². The van der Waals surface area contributed by atoms with Crippen LogP contribution in [0, 0.1) is 17.8 Å². The summed E-state index contributed by atoms with van der Waals surface area (Å²) in [5, 5.41) is 20.9. The molecule has 24 heavy (non-hydrogen) atoms. The number of allylic oxidation sites excluding steroid dienone is 1. The van der Waals surface area contributed by atoms with Crippen LogP contribution < -0.4 is 0 Å². The maximum absolute atomic E-state index is 10.5. The monoisotopic (exact) mass is 358 g/mol. The lowest BCUT2D eigenvalue weighted by molar-refractivity contribution is 0.0536. The number of ether oxygens (including phenoxy) is 1. The van der Waals surface area contributed by atoms with Crippen molar-refractivity contribution in [1.82, 2.24) is 0 Å². The fraction of sp³-hybridized carbons (Fsp3) is 0.900. The summed E-state index contributed by atoms with van der Waals surface area (Å²) in [4.78, 5) is 0. The molecule has 0 aromatic rings. The van der Waals surface area contributed by atoms with Crippen LogP contribution in [0.2, 0.25) is 0 Å². The molecule has 4 heteroatoms. The van der Waals surface area contributed by atoms with E-state index in [1.807, 2.05) is 13.0 Å². The first kappa shape index (κ1) is 20.2. The summed E-state index contributed by atoms with van der Waals surface area (Å²) in [6.45, 7) is 3.36. The molecule has 2 saturated carbocycles. The van der Waals surface area contributed by atoms with Gasteiger partial charge in [0.2, 0.25) is 0 Å². The Balaban J connectivity index is 1.80. The molecule has 0 heterocycles. The maximum atomic E-state index is 10.5. The van der Waals surface area contributed by atoms with E-state index < -0.39 is 0 Å². The Morgan fingerprint density at radius 3 is 2.62 bits per heavy atom. The minimum Gasteiger partial charge on any atom is -0.393 e. The number of rotatable bonds is 9. The predicted molar refractivity (Wildman–Crippen MR) is 99.3 cm³/mol. The summed E-state index contributed by atoms with van der Waals surface area (Å²) in [5.41, 5.74) is 0. The van der Waals surface area contributed by atoms with Crippen LogP contribution in [0.1, 0.15) is 64.7 Å². The summed E-state index contributed by atoms with van der Waals surface area (Å²) in [7, 11) is 0. The molecule has 140 valence electrons. The Hall–Kier alpha value is -0.0900. The topological polar surface area (TPSA) is 49.7 Å². The lowest BCUT2D eigenvalue weighted by atomic mass is 9.81. The zero-order chi connectivity index (χ0) is 17.4. The van der Waals surface area contributed by atoms with Crippen molar-refractivity contribution in [2.24, 2.45) is 17.8 Å². The summed E-state index contributed by atoms with van der Waals surface area (Å²) in [6.07, 6.45) is 13.1. The standard InChI is InChI=1S/C20H35ClO3/c1-2-24-13-7-6-10-16-17(20(23)14-18(16)21)11-12-19(22)15-8-4-3-5-9-15/h6-7,15-20,22-23H,2-5,8-14H2,1H3/b7-6-/t16-,17-,18-,19-,20-/m1/s1. The Labute approximate surface area is 152 Å². The van der Waals surface area contributed by atoms with E-state index in [9.17, 15) is 10.2 Å². The zero-order valence-corrected chi connectivity index (χ0v) is 15.8. The van der Waals surface area contributed by atoms with Crippen LogP contribution in [0.5, 0.6) is 0 Å². The molecule has 2 N–H and O–H groups in total. The summed E-state index contributed by atoms with van der Waals surface area (Å²) in [6, 6.07) is 0. The van der Waals surface area contributed by atoms with Crippen LogP contribution in [0.4, 0.5) is 0 Å². The third-order valence-corrected chi connectivity index (χ3v) is 6.46. The van der Waals surface area contributed by atoms with Gasteiger partial charge in [-0.05, 0) is 63.2 Å². The minimum absolute atomic E-state index is 0.0357. The number of alkyl halides is 1. The molecule has 2 aliphatic carbocycles. The van der Waals surface area contributed by atoms with Gasteiger partial charge in [-0.2, -0.15) is 0 Å². The minimum atomic E-state index is -0.323. The van der Waals surface area contributed by atoms with Gasteiger partial charge < -0.3 is 14.9 Å². The molecule has 2 aliphatic rings. The van der Waals surface area contributed by atoms with E-state index in [0.717, 1.165) is 38.7 Å². The summed E-state index contributed by atoms with van der Waals surface area (Å²) < 4.78 is 5.32. The van der Waals surface area contributed by atoms with Crippen LogP contribution in [0.3, 0.4) is 0 Å². The van der Waals surface area contributed by atoms with E-state index in [4.69, 9.17) is 16.3 Å².